The van der Waals surface area contributed by atoms with Crippen molar-refractivity contribution >= 4 is 5.82 Å². The van der Waals surface area contributed by atoms with Crippen molar-refractivity contribution in [3.63, 3.8) is 0 Å². The van der Waals surface area contributed by atoms with Gasteiger partial charge in [-0.3, -0.25) is 4.90 Å². The first-order valence-electron chi connectivity index (χ1n) is 6.13. The first-order chi connectivity index (χ1) is 7.79. The summed E-state index contributed by atoms with van der Waals surface area (Å²) in [7, 11) is 4.12. The van der Waals surface area contributed by atoms with Gasteiger partial charge in [-0.25, -0.2) is 4.98 Å². The molecule has 1 aliphatic rings. The predicted octanol–water partition coefficient (Wildman–Crippen LogP) is 2.50. The van der Waals surface area contributed by atoms with Crippen molar-refractivity contribution in [3.8, 4) is 0 Å². The van der Waals surface area contributed by atoms with E-state index >= 15 is 0 Å². The van der Waals surface area contributed by atoms with Gasteiger partial charge in [0.1, 0.15) is 5.82 Å². The largest absolute Gasteiger partial charge is 0.373 e. The predicted molar refractivity (Wildman–Crippen MR) is 67.5 cm³/mol. The average molecular weight is 219 g/mol. The molecule has 0 radical (unpaired) electrons. The maximum atomic E-state index is 4.55. The molecule has 0 aromatic carbocycles. The zero-order valence-electron chi connectivity index (χ0n) is 10.2. The molecule has 0 bridgehead atoms. The van der Waals surface area contributed by atoms with E-state index in [-0.39, 0.29) is 0 Å². The molecule has 0 unspecified atom stereocenters. The van der Waals surface area contributed by atoms with Gasteiger partial charge < -0.3 is 5.32 Å². The number of hydrogen-bond donors (Lipinski definition) is 1. The highest BCUT2D eigenvalue weighted by Crippen LogP contribution is 2.23. The summed E-state index contributed by atoms with van der Waals surface area (Å²) in [6.07, 6.45) is 5.47. The molecule has 0 spiro atoms. The first-order valence-corrected chi connectivity index (χ1v) is 6.13. The van der Waals surface area contributed by atoms with E-state index in [4.69, 9.17) is 0 Å². The minimum atomic E-state index is 0.764. The van der Waals surface area contributed by atoms with Crippen molar-refractivity contribution in [2.45, 2.75) is 38.3 Å². The highest BCUT2D eigenvalue weighted by molar-refractivity contribution is 5.34. The summed E-state index contributed by atoms with van der Waals surface area (Å²) >= 11 is 0. The number of nitrogens with one attached hydrogen (secondary N) is 1. The molecule has 1 aromatic rings. The van der Waals surface area contributed by atoms with Gasteiger partial charge in [-0.05, 0) is 32.0 Å². The smallest absolute Gasteiger partial charge is 0.126 e. The van der Waals surface area contributed by atoms with Crippen LogP contribution in [-0.4, -0.2) is 30.0 Å². The highest BCUT2D eigenvalue weighted by atomic mass is 15.1. The highest BCUT2D eigenvalue weighted by Gasteiger charge is 2.19. The molecule has 0 atom stereocenters. The number of anilines is 1. The molecule has 1 aliphatic carbocycles. The molecule has 16 heavy (non-hydrogen) atoms. The summed E-state index contributed by atoms with van der Waals surface area (Å²) in [5, 5.41) is 3.08. The summed E-state index contributed by atoms with van der Waals surface area (Å²) in [6, 6.07) is 6.93. The molecule has 3 nitrogen and oxygen atoms in total. The van der Waals surface area contributed by atoms with Crippen molar-refractivity contribution in [2.24, 2.45) is 0 Å². The van der Waals surface area contributed by atoms with E-state index in [1.54, 1.807) is 0 Å². The summed E-state index contributed by atoms with van der Waals surface area (Å²) in [6.45, 7) is 0.959. The van der Waals surface area contributed by atoms with Crippen molar-refractivity contribution < 1.29 is 0 Å². The van der Waals surface area contributed by atoms with E-state index in [1.807, 2.05) is 13.1 Å². The molecule has 0 saturated heterocycles. The van der Waals surface area contributed by atoms with Crippen LogP contribution in [0, 0.1) is 0 Å². The number of pyridine rings is 1. The van der Waals surface area contributed by atoms with E-state index < -0.39 is 0 Å². The van der Waals surface area contributed by atoms with Crippen LogP contribution in [0.5, 0.6) is 0 Å². The lowest BCUT2D eigenvalue weighted by atomic mass is 10.2. The lowest BCUT2D eigenvalue weighted by Crippen LogP contribution is -2.28. The molecule has 0 aliphatic heterocycles. The maximum Gasteiger partial charge on any atom is 0.126 e. The Hall–Kier alpha value is -1.09. The van der Waals surface area contributed by atoms with E-state index in [2.05, 4.69) is 34.4 Å². The minimum Gasteiger partial charge on any atom is -0.373 e. The fourth-order valence-corrected chi connectivity index (χ4v) is 2.44. The molecule has 0 amide bonds. The Morgan fingerprint density at radius 1 is 1.38 bits per heavy atom. The van der Waals surface area contributed by atoms with E-state index in [0.717, 1.165) is 24.1 Å². The molecule has 1 saturated carbocycles. The van der Waals surface area contributed by atoms with Gasteiger partial charge in [0.15, 0.2) is 0 Å². The van der Waals surface area contributed by atoms with Gasteiger partial charge in [0.2, 0.25) is 0 Å². The Morgan fingerprint density at radius 3 is 2.81 bits per heavy atom. The van der Waals surface area contributed by atoms with Gasteiger partial charge >= 0.3 is 0 Å². The van der Waals surface area contributed by atoms with Crippen molar-refractivity contribution in [1.82, 2.24) is 9.88 Å². The fraction of sp³-hybridized carbons (Fsp3) is 0.615. The van der Waals surface area contributed by atoms with Gasteiger partial charge in [0, 0.05) is 19.6 Å². The Morgan fingerprint density at radius 2 is 2.12 bits per heavy atom. The fourth-order valence-electron chi connectivity index (χ4n) is 2.44. The molecular formula is C13H21N3. The van der Waals surface area contributed by atoms with Crippen molar-refractivity contribution in [1.29, 1.82) is 0 Å². The summed E-state index contributed by atoms with van der Waals surface area (Å²) in [5.41, 5.74) is 1.15. The average Bonchev–Trinajstić information content (AvgIpc) is 2.83. The lowest BCUT2D eigenvalue weighted by molar-refractivity contribution is 0.235. The second-order valence-corrected chi connectivity index (χ2v) is 4.62. The van der Waals surface area contributed by atoms with Crippen LogP contribution in [0.3, 0.4) is 0 Å². The zero-order chi connectivity index (χ0) is 11.4. The molecular weight excluding hydrogens is 198 g/mol. The van der Waals surface area contributed by atoms with Crippen LogP contribution in [-0.2, 0) is 6.54 Å². The molecule has 1 heterocycles. The summed E-state index contributed by atoms with van der Waals surface area (Å²) in [5.74, 6) is 0.956. The topological polar surface area (TPSA) is 28.2 Å². The monoisotopic (exact) mass is 219 g/mol. The Kier molecular flexibility index (Phi) is 3.78. The Balaban J connectivity index is 1.96. The first kappa shape index (κ1) is 11.4. The normalized spacial score (nSPS) is 16.9. The number of rotatable bonds is 4. The lowest BCUT2D eigenvalue weighted by Gasteiger charge is -2.23. The Labute approximate surface area is 97.9 Å². The molecule has 3 heteroatoms. The quantitative estimate of drug-likeness (QED) is 0.843. The minimum absolute atomic E-state index is 0.764. The van der Waals surface area contributed by atoms with Gasteiger partial charge in [0.25, 0.3) is 0 Å². The van der Waals surface area contributed by atoms with Crippen LogP contribution in [0.25, 0.3) is 0 Å². The van der Waals surface area contributed by atoms with Gasteiger partial charge in [0.05, 0.1) is 5.69 Å². The van der Waals surface area contributed by atoms with Crippen LogP contribution in [0.2, 0.25) is 0 Å². The maximum absolute atomic E-state index is 4.55. The zero-order valence-corrected chi connectivity index (χ0v) is 10.2. The molecule has 88 valence electrons. The van der Waals surface area contributed by atoms with E-state index in [9.17, 15) is 0 Å². The van der Waals surface area contributed by atoms with Gasteiger partial charge in [-0.2, -0.15) is 0 Å². The van der Waals surface area contributed by atoms with Gasteiger partial charge in [-0.15, -0.1) is 0 Å². The van der Waals surface area contributed by atoms with Crippen molar-refractivity contribution in [2.75, 3.05) is 19.4 Å². The Bertz CT molecular complexity index is 332. The second-order valence-electron chi connectivity index (χ2n) is 4.62. The van der Waals surface area contributed by atoms with Crippen LogP contribution in [0.15, 0.2) is 18.2 Å². The number of aromatic nitrogens is 1. The van der Waals surface area contributed by atoms with Crippen LogP contribution in [0.1, 0.15) is 31.4 Å². The van der Waals surface area contributed by atoms with Gasteiger partial charge in [-0.1, -0.05) is 18.9 Å². The summed E-state index contributed by atoms with van der Waals surface area (Å²) in [4.78, 5) is 6.99. The van der Waals surface area contributed by atoms with E-state index in [1.165, 1.54) is 25.7 Å². The third kappa shape index (κ3) is 2.73. The third-order valence-corrected chi connectivity index (χ3v) is 3.42. The number of hydrogen-bond acceptors (Lipinski definition) is 3. The molecule has 1 aromatic heterocycles. The molecule has 1 fully saturated rings. The van der Waals surface area contributed by atoms with Crippen LogP contribution in [0.4, 0.5) is 5.82 Å². The van der Waals surface area contributed by atoms with Crippen LogP contribution >= 0.6 is 0 Å². The summed E-state index contributed by atoms with van der Waals surface area (Å²) < 4.78 is 0. The standard InChI is InChI=1S/C13H21N3/c1-14-13-9-5-6-11(15-13)10-16(2)12-7-3-4-8-12/h5-6,9,12H,3-4,7-8,10H2,1-2H3,(H,14,15). The number of nitrogens with zero attached hydrogens (tertiary/aromatic N) is 2. The molecule has 1 N–H and O–H groups in total. The molecule has 2 rings (SSSR count). The van der Waals surface area contributed by atoms with Crippen molar-refractivity contribution in [3.05, 3.63) is 23.9 Å². The van der Waals surface area contributed by atoms with E-state index in [0.29, 0.717) is 0 Å². The van der Waals surface area contributed by atoms with Crippen LogP contribution < -0.4 is 5.32 Å². The third-order valence-electron chi connectivity index (χ3n) is 3.42. The SMILES string of the molecule is CNc1cccc(CN(C)C2CCCC2)n1. The second kappa shape index (κ2) is 5.30.